The van der Waals surface area contributed by atoms with Gasteiger partial charge in [0.1, 0.15) is 0 Å². The second kappa shape index (κ2) is 6.32. The normalized spacial score (nSPS) is 24.7. The quantitative estimate of drug-likeness (QED) is 0.913. The van der Waals surface area contributed by atoms with Crippen LogP contribution in [0.2, 0.25) is 0 Å². The second-order valence-electron chi connectivity index (χ2n) is 6.93. The lowest BCUT2D eigenvalue weighted by molar-refractivity contribution is -0.138. The summed E-state index contributed by atoms with van der Waals surface area (Å²) in [5.41, 5.74) is 3.82. The fourth-order valence-electron chi connectivity index (χ4n) is 3.76. The van der Waals surface area contributed by atoms with Gasteiger partial charge in [0, 0.05) is 38.6 Å². The number of aryl methyl sites for hydroxylation is 2. The summed E-state index contributed by atoms with van der Waals surface area (Å²) < 4.78 is 0. The average molecular weight is 315 g/mol. The van der Waals surface area contributed by atoms with Gasteiger partial charge in [-0.1, -0.05) is 23.8 Å². The van der Waals surface area contributed by atoms with Crippen LogP contribution >= 0.6 is 0 Å². The molecule has 2 saturated heterocycles. The van der Waals surface area contributed by atoms with E-state index in [0.29, 0.717) is 13.1 Å². The number of amides is 2. The number of fused-ring (bicyclic) bond motifs is 1. The van der Waals surface area contributed by atoms with Gasteiger partial charge in [0.15, 0.2) is 0 Å². The molecule has 5 nitrogen and oxygen atoms in total. The van der Waals surface area contributed by atoms with Crippen molar-refractivity contribution in [3.05, 3.63) is 34.9 Å². The van der Waals surface area contributed by atoms with Crippen LogP contribution in [0.1, 0.15) is 30.0 Å². The van der Waals surface area contributed by atoms with Crippen molar-refractivity contribution in [2.75, 3.05) is 19.6 Å². The van der Waals surface area contributed by atoms with E-state index in [-0.39, 0.29) is 23.9 Å². The van der Waals surface area contributed by atoms with Crippen molar-refractivity contribution >= 4 is 11.8 Å². The summed E-state index contributed by atoms with van der Waals surface area (Å²) >= 11 is 0. The van der Waals surface area contributed by atoms with Crippen molar-refractivity contribution < 1.29 is 9.59 Å². The largest absolute Gasteiger partial charge is 0.352 e. The Morgan fingerprint density at radius 1 is 1.30 bits per heavy atom. The van der Waals surface area contributed by atoms with E-state index in [0.717, 1.165) is 19.5 Å². The van der Waals surface area contributed by atoms with Crippen LogP contribution in [0.3, 0.4) is 0 Å². The SMILES string of the molecule is CC(=O)NC1CC2CN(Cc3cc(C)ccc3C)CC(=O)N2C1. The molecule has 0 saturated carbocycles. The van der Waals surface area contributed by atoms with Crippen molar-refractivity contribution in [2.45, 2.75) is 45.8 Å². The Kier molecular flexibility index (Phi) is 4.39. The molecule has 23 heavy (non-hydrogen) atoms. The van der Waals surface area contributed by atoms with Crippen LogP contribution < -0.4 is 5.32 Å². The molecule has 2 unspecified atom stereocenters. The minimum absolute atomic E-state index is 0.0189. The lowest BCUT2D eigenvalue weighted by Crippen LogP contribution is -2.53. The summed E-state index contributed by atoms with van der Waals surface area (Å²) in [5, 5.41) is 2.95. The standard InChI is InChI=1S/C18H25N3O2/c1-12-4-5-13(2)15(6-12)8-20-10-17-7-16(19-14(3)22)9-21(17)18(23)11-20/h4-6,16-17H,7-11H2,1-3H3,(H,19,22). The third-order valence-corrected chi connectivity index (χ3v) is 4.87. The third-order valence-electron chi connectivity index (χ3n) is 4.87. The Bertz CT molecular complexity index is 629. The number of rotatable bonds is 3. The van der Waals surface area contributed by atoms with E-state index < -0.39 is 0 Å². The first-order valence-electron chi connectivity index (χ1n) is 8.27. The van der Waals surface area contributed by atoms with E-state index in [1.807, 2.05) is 4.90 Å². The molecule has 2 aliphatic heterocycles. The zero-order valence-corrected chi connectivity index (χ0v) is 14.1. The Balaban J connectivity index is 1.67. The van der Waals surface area contributed by atoms with Crippen LogP contribution in [-0.2, 0) is 16.1 Å². The Morgan fingerprint density at radius 3 is 2.83 bits per heavy atom. The predicted octanol–water partition coefficient (Wildman–Crippen LogP) is 1.22. The molecule has 0 bridgehead atoms. The average Bonchev–Trinajstić information content (AvgIpc) is 2.85. The molecule has 2 atom stereocenters. The maximum absolute atomic E-state index is 12.4. The molecule has 0 spiro atoms. The van der Waals surface area contributed by atoms with Gasteiger partial charge in [-0.25, -0.2) is 0 Å². The first-order valence-corrected chi connectivity index (χ1v) is 8.27. The fraction of sp³-hybridized carbons (Fsp3) is 0.556. The molecule has 124 valence electrons. The number of benzene rings is 1. The van der Waals surface area contributed by atoms with Crippen molar-refractivity contribution in [2.24, 2.45) is 0 Å². The molecular formula is C18H25N3O2. The topological polar surface area (TPSA) is 52.7 Å². The third kappa shape index (κ3) is 3.55. The summed E-state index contributed by atoms with van der Waals surface area (Å²) in [4.78, 5) is 27.9. The van der Waals surface area contributed by atoms with Crippen LogP contribution in [0, 0.1) is 13.8 Å². The molecule has 2 aliphatic rings. The number of nitrogens with one attached hydrogen (secondary N) is 1. The minimum atomic E-state index is -0.0189. The van der Waals surface area contributed by atoms with Gasteiger partial charge in [0.05, 0.1) is 6.54 Å². The number of hydrogen-bond donors (Lipinski definition) is 1. The van der Waals surface area contributed by atoms with Gasteiger partial charge < -0.3 is 10.2 Å². The highest BCUT2D eigenvalue weighted by Crippen LogP contribution is 2.24. The number of nitrogens with zero attached hydrogens (tertiary/aromatic N) is 2. The highest BCUT2D eigenvalue weighted by molar-refractivity contribution is 5.80. The summed E-state index contributed by atoms with van der Waals surface area (Å²) in [6.07, 6.45) is 0.856. The van der Waals surface area contributed by atoms with Crippen molar-refractivity contribution in [3.63, 3.8) is 0 Å². The van der Waals surface area contributed by atoms with Gasteiger partial charge in [0.2, 0.25) is 11.8 Å². The van der Waals surface area contributed by atoms with E-state index in [1.54, 1.807) is 0 Å². The molecule has 0 aromatic heterocycles. The summed E-state index contributed by atoms with van der Waals surface area (Å²) in [5.74, 6) is 0.161. The lowest BCUT2D eigenvalue weighted by Gasteiger charge is -2.37. The van der Waals surface area contributed by atoms with Crippen LogP contribution in [-0.4, -0.2) is 53.3 Å². The molecule has 2 heterocycles. The minimum Gasteiger partial charge on any atom is -0.352 e. The molecule has 0 aliphatic carbocycles. The van der Waals surface area contributed by atoms with Crippen LogP contribution in [0.4, 0.5) is 0 Å². The molecule has 2 amide bonds. The number of piperazine rings is 1. The van der Waals surface area contributed by atoms with Gasteiger partial charge in [-0.3, -0.25) is 14.5 Å². The molecule has 3 rings (SSSR count). The van der Waals surface area contributed by atoms with E-state index in [4.69, 9.17) is 0 Å². The Hall–Kier alpha value is -1.88. The summed E-state index contributed by atoms with van der Waals surface area (Å²) in [6, 6.07) is 6.79. The van der Waals surface area contributed by atoms with Crippen molar-refractivity contribution in [1.29, 1.82) is 0 Å². The second-order valence-corrected chi connectivity index (χ2v) is 6.93. The van der Waals surface area contributed by atoms with Crippen LogP contribution in [0.15, 0.2) is 18.2 Å². The Morgan fingerprint density at radius 2 is 2.09 bits per heavy atom. The molecule has 1 aromatic rings. The zero-order chi connectivity index (χ0) is 16.6. The first kappa shape index (κ1) is 16.0. The molecule has 2 fully saturated rings. The summed E-state index contributed by atoms with van der Waals surface area (Å²) in [7, 11) is 0. The first-order chi connectivity index (χ1) is 10.9. The number of hydrogen-bond acceptors (Lipinski definition) is 3. The van der Waals surface area contributed by atoms with Crippen molar-refractivity contribution in [1.82, 2.24) is 15.1 Å². The number of carbonyl (C=O) groups excluding carboxylic acids is 2. The van der Waals surface area contributed by atoms with Gasteiger partial charge in [-0.15, -0.1) is 0 Å². The van der Waals surface area contributed by atoms with Crippen molar-refractivity contribution in [3.8, 4) is 0 Å². The van der Waals surface area contributed by atoms with Crippen LogP contribution in [0.25, 0.3) is 0 Å². The van der Waals surface area contributed by atoms with Gasteiger partial charge in [0.25, 0.3) is 0 Å². The van der Waals surface area contributed by atoms with E-state index in [9.17, 15) is 9.59 Å². The van der Waals surface area contributed by atoms with E-state index in [2.05, 4.69) is 42.3 Å². The molecule has 1 aromatic carbocycles. The van der Waals surface area contributed by atoms with Gasteiger partial charge in [-0.2, -0.15) is 0 Å². The monoisotopic (exact) mass is 315 g/mol. The highest BCUT2D eigenvalue weighted by atomic mass is 16.2. The van der Waals surface area contributed by atoms with Crippen LogP contribution in [0.5, 0.6) is 0 Å². The van der Waals surface area contributed by atoms with E-state index in [1.165, 1.54) is 23.6 Å². The van der Waals surface area contributed by atoms with Gasteiger partial charge in [-0.05, 0) is 31.4 Å². The van der Waals surface area contributed by atoms with Gasteiger partial charge >= 0.3 is 0 Å². The lowest BCUT2D eigenvalue weighted by atomic mass is 10.0. The predicted molar refractivity (Wildman–Crippen MR) is 88.9 cm³/mol. The molecule has 1 N–H and O–H groups in total. The molecule has 0 radical (unpaired) electrons. The smallest absolute Gasteiger partial charge is 0.237 e. The molecular weight excluding hydrogens is 290 g/mol. The Labute approximate surface area is 137 Å². The van der Waals surface area contributed by atoms with E-state index >= 15 is 0 Å². The number of carbonyl (C=O) groups is 2. The highest BCUT2D eigenvalue weighted by Gasteiger charge is 2.40. The maximum Gasteiger partial charge on any atom is 0.237 e. The molecule has 5 heteroatoms. The fourth-order valence-corrected chi connectivity index (χ4v) is 3.76. The summed E-state index contributed by atoms with van der Waals surface area (Å²) in [6.45, 7) is 8.57. The maximum atomic E-state index is 12.4. The zero-order valence-electron chi connectivity index (χ0n) is 14.1.